The number of esters is 1. The van der Waals surface area contributed by atoms with Gasteiger partial charge in [0.15, 0.2) is 0 Å². The first-order valence-electron chi connectivity index (χ1n) is 6.04. The van der Waals surface area contributed by atoms with Crippen LogP contribution in [-0.4, -0.2) is 36.6 Å². The van der Waals surface area contributed by atoms with Gasteiger partial charge in [0, 0.05) is 6.04 Å². The zero-order valence-corrected chi connectivity index (χ0v) is 10.2. The molecule has 0 aliphatic carbocycles. The maximum Gasteiger partial charge on any atom is 0.323 e. The topological polar surface area (TPSA) is 29.5 Å². The molecule has 0 amide bonds. The fourth-order valence-corrected chi connectivity index (χ4v) is 2.41. The Bertz CT molecular complexity index is 206. The van der Waals surface area contributed by atoms with Crippen LogP contribution in [0.2, 0.25) is 0 Å². The highest BCUT2D eigenvalue weighted by atomic mass is 16.5. The van der Waals surface area contributed by atoms with Crippen molar-refractivity contribution in [1.29, 1.82) is 0 Å². The summed E-state index contributed by atoms with van der Waals surface area (Å²) in [7, 11) is 1.49. The predicted octanol–water partition coefficient (Wildman–Crippen LogP) is 2.20. The Morgan fingerprint density at radius 2 is 2.27 bits per heavy atom. The number of carbonyl (C=O) groups excluding carboxylic acids is 1. The zero-order valence-electron chi connectivity index (χ0n) is 10.2. The first-order valence-corrected chi connectivity index (χ1v) is 6.04. The van der Waals surface area contributed by atoms with Crippen molar-refractivity contribution in [2.75, 3.05) is 13.7 Å². The van der Waals surface area contributed by atoms with E-state index in [1.54, 1.807) is 0 Å². The number of rotatable bonds is 4. The molecular weight excluding hydrogens is 190 g/mol. The average Bonchev–Trinajstić information content (AvgIpc) is 2.26. The Morgan fingerprint density at radius 1 is 1.53 bits per heavy atom. The molecule has 1 rings (SSSR count). The van der Waals surface area contributed by atoms with Crippen LogP contribution >= 0.6 is 0 Å². The SMILES string of the molecule is CCCC(C(=O)OC)N1CCCCC1C. The van der Waals surface area contributed by atoms with E-state index in [0.717, 1.165) is 19.4 Å². The monoisotopic (exact) mass is 213 g/mol. The Hall–Kier alpha value is -0.570. The van der Waals surface area contributed by atoms with E-state index in [4.69, 9.17) is 4.74 Å². The molecule has 0 aromatic carbocycles. The third kappa shape index (κ3) is 3.20. The van der Waals surface area contributed by atoms with Crippen LogP contribution in [-0.2, 0) is 9.53 Å². The van der Waals surface area contributed by atoms with Gasteiger partial charge in [0.25, 0.3) is 0 Å². The molecule has 15 heavy (non-hydrogen) atoms. The Balaban J connectivity index is 2.64. The van der Waals surface area contributed by atoms with Gasteiger partial charge in [-0.1, -0.05) is 19.8 Å². The van der Waals surface area contributed by atoms with Gasteiger partial charge in [-0.15, -0.1) is 0 Å². The van der Waals surface area contributed by atoms with E-state index in [2.05, 4.69) is 18.7 Å². The molecule has 0 radical (unpaired) electrons. The standard InChI is InChI=1S/C12H23NO2/c1-4-7-11(12(14)15-3)13-9-6-5-8-10(13)2/h10-11H,4-9H2,1-3H3. The van der Waals surface area contributed by atoms with Crippen LogP contribution in [0.4, 0.5) is 0 Å². The minimum atomic E-state index is -0.0643. The fourth-order valence-electron chi connectivity index (χ4n) is 2.41. The maximum absolute atomic E-state index is 11.7. The maximum atomic E-state index is 11.7. The minimum absolute atomic E-state index is 0.0182. The molecule has 0 aromatic heterocycles. The molecule has 1 aliphatic heterocycles. The molecule has 1 aliphatic rings. The number of ether oxygens (including phenoxy) is 1. The van der Waals surface area contributed by atoms with E-state index in [-0.39, 0.29) is 12.0 Å². The first-order chi connectivity index (χ1) is 7.20. The van der Waals surface area contributed by atoms with Crippen molar-refractivity contribution in [3.63, 3.8) is 0 Å². The van der Waals surface area contributed by atoms with E-state index in [9.17, 15) is 4.79 Å². The molecule has 3 nitrogen and oxygen atoms in total. The number of carbonyl (C=O) groups is 1. The third-order valence-corrected chi connectivity index (χ3v) is 3.29. The van der Waals surface area contributed by atoms with Gasteiger partial charge >= 0.3 is 5.97 Å². The lowest BCUT2D eigenvalue weighted by Crippen LogP contribution is -2.49. The van der Waals surface area contributed by atoms with E-state index in [0.29, 0.717) is 6.04 Å². The zero-order chi connectivity index (χ0) is 11.3. The molecule has 88 valence electrons. The van der Waals surface area contributed by atoms with Crippen LogP contribution in [0, 0.1) is 0 Å². The second-order valence-corrected chi connectivity index (χ2v) is 4.41. The highest BCUT2D eigenvalue weighted by Gasteiger charge is 2.30. The molecule has 1 heterocycles. The van der Waals surface area contributed by atoms with Crippen LogP contribution < -0.4 is 0 Å². The van der Waals surface area contributed by atoms with E-state index in [1.807, 2.05) is 0 Å². The largest absolute Gasteiger partial charge is 0.468 e. The highest BCUT2D eigenvalue weighted by molar-refractivity contribution is 5.75. The van der Waals surface area contributed by atoms with Crippen molar-refractivity contribution in [3.8, 4) is 0 Å². The molecule has 2 unspecified atom stereocenters. The van der Waals surface area contributed by atoms with E-state index < -0.39 is 0 Å². The van der Waals surface area contributed by atoms with Gasteiger partial charge in [-0.2, -0.15) is 0 Å². The molecular formula is C12H23NO2. The second kappa shape index (κ2) is 6.11. The number of hydrogen-bond donors (Lipinski definition) is 0. The van der Waals surface area contributed by atoms with Crippen molar-refractivity contribution < 1.29 is 9.53 Å². The summed E-state index contributed by atoms with van der Waals surface area (Å²) in [5.41, 5.74) is 0. The summed E-state index contributed by atoms with van der Waals surface area (Å²) in [6, 6.07) is 0.504. The lowest BCUT2D eigenvalue weighted by Gasteiger charge is -2.38. The number of nitrogens with zero attached hydrogens (tertiary/aromatic N) is 1. The number of hydrogen-bond acceptors (Lipinski definition) is 3. The van der Waals surface area contributed by atoms with Gasteiger partial charge in [0.2, 0.25) is 0 Å². The quantitative estimate of drug-likeness (QED) is 0.670. The number of likely N-dealkylation sites (tertiary alicyclic amines) is 1. The van der Waals surface area contributed by atoms with Gasteiger partial charge in [-0.05, 0) is 32.7 Å². The molecule has 1 saturated heterocycles. The number of methoxy groups -OCH3 is 1. The lowest BCUT2D eigenvalue weighted by molar-refractivity contribution is -0.148. The summed E-state index contributed by atoms with van der Waals surface area (Å²) in [5, 5.41) is 0. The smallest absolute Gasteiger partial charge is 0.323 e. The van der Waals surface area contributed by atoms with Crippen LogP contribution in [0.1, 0.15) is 46.0 Å². The van der Waals surface area contributed by atoms with Crippen molar-refractivity contribution in [1.82, 2.24) is 4.90 Å². The molecule has 3 heteroatoms. The van der Waals surface area contributed by atoms with E-state index >= 15 is 0 Å². The van der Waals surface area contributed by atoms with Crippen molar-refractivity contribution in [2.24, 2.45) is 0 Å². The summed E-state index contributed by atoms with van der Waals surface area (Å²) < 4.78 is 4.89. The summed E-state index contributed by atoms with van der Waals surface area (Å²) in [5.74, 6) is -0.0643. The normalized spacial score (nSPS) is 24.9. The third-order valence-electron chi connectivity index (χ3n) is 3.29. The van der Waals surface area contributed by atoms with Crippen molar-refractivity contribution >= 4 is 5.97 Å². The van der Waals surface area contributed by atoms with E-state index in [1.165, 1.54) is 26.4 Å². The minimum Gasteiger partial charge on any atom is -0.468 e. The second-order valence-electron chi connectivity index (χ2n) is 4.41. The Kier molecular flexibility index (Phi) is 5.09. The summed E-state index contributed by atoms with van der Waals surface area (Å²) in [6.07, 6.45) is 5.65. The molecule has 0 saturated carbocycles. The summed E-state index contributed by atoms with van der Waals surface area (Å²) in [6.45, 7) is 5.37. The fraction of sp³-hybridized carbons (Fsp3) is 0.917. The van der Waals surface area contributed by atoms with Crippen LogP contribution in [0.5, 0.6) is 0 Å². The molecule has 0 spiro atoms. The molecule has 2 atom stereocenters. The molecule has 0 aromatic rings. The van der Waals surface area contributed by atoms with Gasteiger partial charge < -0.3 is 4.74 Å². The molecule has 1 fully saturated rings. The van der Waals surface area contributed by atoms with Gasteiger partial charge in [0.05, 0.1) is 7.11 Å². The average molecular weight is 213 g/mol. The first kappa shape index (κ1) is 12.5. The molecule has 0 bridgehead atoms. The Labute approximate surface area is 92.8 Å². The molecule has 0 N–H and O–H groups in total. The van der Waals surface area contributed by atoms with Gasteiger partial charge in [-0.3, -0.25) is 9.69 Å². The number of piperidine rings is 1. The summed E-state index contributed by atoms with van der Waals surface area (Å²) >= 11 is 0. The van der Waals surface area contributed by atoms with Gasteiger partial charge in [0.1, 0.15) is 6.04 Å². The van der Waals surface area contributed by atoms with Crippen LogP contribution in [0.25, 0.3) is 0 Å². The predicted molar refractivity (Wildman–Crippen MR) is 60.7 cm³/mol. The van der Waals surface area contributed by atoms with Crippen LogP contribution in [0.3, 0.4) is 0 Å². The highest BCUT2D eigenvalue weighted by Crippen LogP contribution is 2.21. The Morgan fingerprint density at radius 3 is 2.80 bits per heavy atom. The van der Waals surface area contributed by atoms with Crippen molar-refractivity contribution in [3.05, 3.63) is 0 Å². The van der Waals surface area contributed by atoms with Crippen LogP contribution in [0.15, 0.2) is 0 Å². The van der Waals surface area contributed by atoms with Gasteiger partial charge in [-0.25, -0.2) is 0 Å². The van der Waals surface area contributed by atoms with Crippen molar-refractivity contribution in [2.45, 2.75) is 58.0 Å². The lowest BCUT2D eigenvalue weighted by atomic mass is 9.99. The summed E-state index contributed by atoms with van der Waals surface area (Å²) in [4.78, 5) is 14.0.